The Hall–Kier alpha value is -1.35. The van der Waals surface area contributed by atoms with Crippen molar-refractivity contribution < 1.29 is 0 Å². The van der Waals surface area contributed by atoms with Crippen LogP contribution in [0.5, 0.6) is 0 Å². The molecule has 1 fully saturated rings. The molecule has 15 heavy (non-hydrogen) atoms. The van der Waals surface area contributed by atoms with Crippen molar-refractivity contribution in [2.24, 2.45) is 0 Å². The van der Waals surface area contributed by atoms with Crippen LogP contribution in [0, 0.1) is 0 Å². The van der Waals surface area contributed by atoms with Crippen molar-refractivity contribution in [3.05, 3.63) is 41.3 Å². The van der Waals surface area contributed by atoms with Crippen LogP contribution in [0.25, 0.3) is 5.82 Å². The molecule has 0 radical (unpaired) electrons. The molecule has 1 saturated carbocycles. The Morgan fingerprint density at radius 1 is 1.33 bits per heavy atom. The number of hydrogen-bond donors (Lipinski definition) is 0. The second kappa shape index (κ2) is 3.35. The van der Waals surface area contributed by atoms with Gasteiger partial charge in [0.05, 0.1) is 6.20 Å². The summed E-state index contributed by atoms with van der Waals surface area (Å²) in [6.07, 6.45) is 6.53. The van der Waals surface area contributed by atoms with Gasteiger partial charge in [0, 0.05) is 6.20 Å². The summed E-state index contributed by atoms with van der Waals surface area (Å²) in [5, 5.41) is 4.78. The number of hydrogen-bond acceptors (Lipinski definition) is 2. The Labute approximate surface area is 92.7 Å². The standard InChI is InChI=1S/C11H10ClN3/c12-10-2-1-3-11(14-10)15-7-9(6-13-15)8-4-5-8/h1-3,6-8H,4-5H2. The van der Waals surface area contributed by atoms with Crippen LogP contribution in [0.3, 0.4) is 0 Å². The van der Waals surface area contributed by atoms with E-state index in [4.69, 9.17) is 11.6 Å². The summed E-state index contributed by atoms with van der Waals surface area (Å²) < 4.78 is 1.78. The first-order valence-corrected chi connectivity index (χ1v) is 5.38. The van der Waals surface area contributed by atoms with Crippen LogP contribution in [0.1, 0.15) is 24.3 Å². The number of pyridine rings is 1. The van der Waals surface area contributed by atoms with Crippen LogP contribution in [0.2, 0.25) is 5.15 Å². The van der Waals surface area contributed by atoms with E-state index in [1.54, 1.807) is 10.7 Å². The molecule has 0 amide bonds. The molecule has 3 nitrogen and oxygen atoms in total. The number of nitrogens with zero attached hydrogens (tertiary/aromatic N) is 3. The molecule has 0 N–H and O–H groups in total. The van der Waals surface area contributed by atoms with E-state index in [0.29, 0.717) is 5.15 Å². The van der Waals surface area contributed by atoms with Gasteiger partial charge in [-0.3, -0.25) is 0 Å². The van der Waals surface area contributed by atoms with Crippen LogP contribution >= 0.6 is 11.6 Å². The number of rotatable bonds is 2. The molecule has 76 valence electrons. The topological polar surface area (TPSA) is 30.7 Å². The molecule has 0 atom stereocenters. The summed E-state index contributed by atoms with van der Waals surface area (Å²) >= 11 is 5.82. The normalized spacial score (nSPS) is 15.5. The highest BCUT2D eigenvalue weighted by atomic mass is 35.5. The van der Waals surface area contributed by atoms with Crippen LogP contribution in [0.4, 0.5) is 0 Å². The molecule has 0 aliphatic heterocycles. The monoisotopic (exact) mass is 219 g/mol. The molecule has 0 aromatic carbocycles. The zero-order valence-corrected chi connectivity index (χ0v) is 8.85. The minimum atomic E-state index is 0.496. The zero-order valence-electron chi connectivity index (χ0n) is 8.10. The lowest BCUT2D eigenvalue weighted by molar-refractivity contribution is 0.846. The first kappa shape index (κ1) is 8.92. The maximum atomic E-state index is 5.82. The summed E-state index contributed by atoms with van der Waals surface area (Å²) in [6.45, 7) is 0. The molecular weight excluding hydrogens is 210 g/mol. The fourth-order valence-electron chi connectivity index (χ4n) is 1.61. The van der Waals surface area contributed by atoms with E-state index < -0.39 is 0 Å². The van der Waals surface area contributed by atoms with Gasteiger partial charge in [0.25, 0.3) is 0 Å². The fraction of sp³-hybridized carbons (Fsp3) is 0.273. The van der Waals surface area contributed by atoms with Crippen molar-refractivity contribution in [2.45, 2.75) is 18.8 Å². The van der Waals surface area contributed by atoms with E-state index in [1.807, 2.05) is 24.5 Å². The van der Waals surface area contributed by atoms with Gasteiger partial charge in [0.1, 0.15) is 5.15 Å². The molecule has 3 rings (SSSR count). The van der Waals surface area contributed by atoms with Gasteiger partial charge < -0.3 is 0 Å². The Kier molecular flexibility index (Phi) is 1.99. The van der Waals surface area contributed by atoms with E-state index >= 15 is 0 Å². The first-order chi connectivity index (χ1) is 7.33. The minimum absolute atomic E-state index is 0.496. The largest absolute Gasteiger partial charge is 0.222 e. The molecule has 2 heterocycles. The highest BCUT2D eigenvalue weighted by molar-refractivity contribution is 6.29. The Morgan fingerprint density at radius 3 is 2.93 bits per heavy atom. The molecule has 0 spiro atoms. The van der Waals surface area contributed by atoms with Crippen molar-refractivity contribution in [3.63, 3.8) is 0 Å². The van der Waals surface area contributed by atoms with Gasteiger partial charge in [-0.05, 0) is 36.5 Å². The second-order valence-electron chi connectivity index (χ2n) is 3.81. The maximum absolute atomic E-state index is 5.82. The lowest BCUT2D eigenvalue weighted by Crippen LogP contribution is -1.97. The van der Waals surface area contributed by atoms with E-state index in [-0.39, 0.29) is 0 Å². The van der Waals surface area contributed by atoms with E-state index in [2.05, 4.69) is 10.1 Å². The average Bonchev–Trinajstić information content (AvgIpc) is 2.97. The first-order valence-electron chi connectivity index (χ1n) is 5.00. The summed E-state index contributed by atoms with van der Waals surface area (Å²) in [4.78, 5) is 4.20. The highest BCUT2D eigenvalue weighted by Crippen LogP contribution is 2.39. The van der Waals surface area contributed by atoms with Crippen LogP contribution < -0.4 is 0 Å². The average molecular weight is 220 g/mol. The van der Waals surface area contributed by atoms with Crippen molar-refractivity contribution in [2.75, 3.05) is 0 Å². The van der Waals surface area contributed by atoms with Crippen LogP contribution in [0.15, 0.2) is 30.6 Å². The summed E-state index contributed by atoms with van der Waals surface area (Å²) in [5.74, 6) is 1.49. The van der Waals surface area contributed by atoms with Crippen molar-refractivity contribution >= 4 is 11.6 Å². The summed E-state index contributed by atoms with van der Waals surface area (Å²) in [5.41, 5.74) is 1.30. The smallest absolute Gasteiger partial charge is 0.155 e. The third-order valence-electron chi connectivity index (χ3n) is 2.59. The van der Waals surface area contributed by atoms with E-state index in [9.17, 15) is 0 Å². The number of aromatic nitrogens is 3. The molecule has 0 saturated heterocycles. The summed E-state index contributed by atoms with van der Waals surface area (Å²) in [7, 11) is 0. The van der Waals surface area contributed by atoms with Gasteiger partial charge in [0.2, 0.25) is 0 Å². The van der Waals surface area contributed by atoms with Gasteiger partial charge >= 0.3 is 0 Å². The Bertz CT molecular complexity index is 488. The minimum Gasteiger partial charge on any atom is -0.222 e. The van der Waals surface area contributed by atoms with E-state index in [0.717, 1.165) is 11.7 Å². The Balaban J connectivity index is 1.97. The zero-order chi connectivity index (χ0) is 10.3. The van der Waals surface area contributed by atoms with Gasteiger partial charge in [-0.2, -0.15) is 5.10 Å². The third-order valence-corrected chi connectivity index (χ3v) is 2.80. The maximum Gasteiger partial charge on any atom is 0.155 e. The molecule has 4 heteroatoms. The lowest BCUT2D eigenvalue weighted by atomic mass is 10.2. The predicted octanol–water partition coefficient (Wildman–Crippen LogP) is 2.80. The van der Waals surface area contributed by atoms with Gasteiger partial charge in [-0.25, -0.2) is 9.67 Å². The van der Waals surface area contributed by atoms with Crippen LogP contribution in [-0.4, -0.2) is 14.8 Å². The second-order valence-corrected chi connectivity index (χ2v) is 4.20. The SMILES string of the molecule is Clc1cccc(-n2cc(C3CC3)cn2)n1. The quantitative estimate of drug-likeness (QED) is 0.728. The molecule has 2 aromatic heterocycles. The lowest BCUT2D eigenvalue weighted by Gasteiger charge is -1.99. The number of halogens is 1. The van der Waals surface area contributed by atoms with Crippen LogP contribution in [-0.2, 0) is 0 Å². The molecule has 1 aliphatic rings. The van der Waals surface area contributed by atoms with Gasteiger partial charge in [-0.15, -0.1) is 0 Å². The van der Waals surface area contributed by atoms with Gasteiger partial charge in [0.15, 0.2) is 5.82 Å². The predicted molar refractivity (Wildman–Crippen MR) is 58.3 cm³/mol. The van der Waals surface area contributed by atoms with Crippen molar-refractivity contribution in [1.82, 2.24) is 14.8 Å². The third kappa shape index (κ3) is 1.75. The molecule has 1 aliphatic carbocycles. The molecule has 2 aromatic rings. The molecule has 0 unspecified atom stereocenters. The van der Waals surface area contributed by atoms with Gasteiger partial charge in [-0.1, -0.05) is 17.7 Å². The molecule has 0 bridgehead atoms. The Morgan fingerprint density at radius 2 is 2.20 bits per heavy atom. The molecular formula is C11H10ClN3. The van der Waals surface area contributed by atoms with Crippen molar-refractivity contribution in [3.8, 4) is 5.82 Å². The highest BCUT2D eigenvalue weighted by Gasteiger charge is 2.24. The van der Waals surface area contributed by atoms with E-state index in [1.165, 1.54) is 18.4 Å². The van der Waals surface area contributed by atoms with Crippen molar-refractivity contribution in [1.29, 1.82) is 0 Å². The fourth-order valence-corrected chi connectivity index (χ4v) is 1.77. The summed E-state index contributed by atoms with van der Waals surface area (Å²) in [6, 6.07) is 5.54.